The van der Waals surface area contributed by atoms with Gasteiger partial charge in [-0.15, -0.1) is 0 Å². The van der Waals surface area contributed by atoms with Crippen LogP contribution in [-0.4, -0.2) is 20.3 Å². The predicted molar refractivity (Wildman–Crippen MR) is 78.8 cm³/mol. The summed E-state index contributed by atoms with van der Waals surface area (Å²) in [5.74, 6) is 0.930. The fourth-order valence-electron chi connectivity index (χ4n) is 2.08. The van der Waals surface area contributed by atoms with Gasteiger partial charge in [-0.2, -0.15) is 0 Å². The number of fused-ring (bicyclic) bond motifs is 1. The van der Waals surface area contributed by atoms with Gasteiger partial charge in [-0.05, 0) is 44.2 Å². The van der Waals surface area contributed by atoms with E-state index in [0.717, 1.165) is 47.8 Å². The first kappa shape index (κ1) is 14.4. The van der Waals surface area contributed by atoms with E-state index in [4.69, 9.17) is 20.8 Å². The van der Waals surface area contributed by atoms with Crippen molar-refractivity contribution < 1.29 is 9.15 Å². The quantitative estimate of drug-likeness (QED) is 0.774. The molecule has 0 radical (unpaired) electrons. The Bertz CT molecular complexity index is 524. The number of hydrogen-bond donors (Lipinski definition) is 1. The van der Waals surface area contributed by atoms with Crippen molar-refractivity contribution in [2.45, 2.75) is 25.8 Å². The van der Waals surface area contributed by atoms with E-state index in [1.807, 2.05) is 31.3 Å². The maximum absolute atomic E-state index is 5.98. The standard InChI is InChI=1S/C15H20ClNO2/c1-3-7-18-8-6-13(17-2)15-10-11-9-12(16)4-5-14(11)19-15/h4-5,9-10,13,17H,3,6-8H2,1-2H3. The molecule has 1 aromatic carbocycles. The van der Waals surface area contributed by atoms with Crippen molar-refractivity contribution in [1.82, 2.24) is 5.32 Å². The van der Waals surface area contributed by atoms with Gasteiger partial charge in [0.25, 0.3) is 0 Å². The third-order valence-electron chi connectivity index (χ3n) is 3.09. The van der Waals surface area contributed by atoms with Crippen LogP contribution >= 0.6 is 11.6 Å². The highest BCUT2D eigenvalue weighted by Crippen LogP contribution is 2.27. The van der Waals surface area contributed by atoms with Crippen LogP contribution in [0.5, 0.6) is 0 Å². The summed E-state index contributed by atoms with van der Waals surface area (Å²) in [6.45, 7) is 3.65. The normalized spacial score (nSPS) is 13.0. The summed E-state index contributed by atoms with van der Waals surface area (Å²) in [5, 5.41) is 5.03. The average Bonchev–Trinajstić information content (AvgIpc) is 2.81. The van der Waals surface area contributed by atoms with Gasteiger partial charge in [-0.3, -0.25) is 0 Å². The molecule has 19 heavy (non-hydrogen) atoms. The van der Waals surface area contributed by atoms with Crippen molar-refractivity contribution in [2.75, 3.05) is 20.3 Å². The van der Waals surface area contributed by atoms with Gasteiger partial charge >= 0.3 is 0 Å². The van der Waals surface area contributed by atoms with Crippen LogP contribution in [0, 0.1) is 0 Å². The van der Waals surface area contributed by atoms with Gasteiger partial charge < -0.3 is 14.5 Å². The van der Waals surface area contributed by atoms with E-state index in [1.165, 1.54) is 0 Å². The lowest BCUT2D eigenvalue weighted by molar-refractivity contribution is 0.123. The molecule has 4 heteroatoms. The Morgan fingerprint density at radius 1 is 1.32 bits per heavy atom. The molecule has 1 aromatic heterocycles. The van der Waals surface area contributed by atoms with Crippen LogP contribution in [0.25, 0.3) is 11.0 Å². The zero-order valence-corrected chi connectivity index (χ0v) is 12.2. The van der Waals surface area contributed by atoms with E-state index in [1.54, 1.807) is 0 Å². The van der Waals surface area contributed by atoms with Crippen molar-refractivity contribution in [1.29, 1.82) is 0 Å². The van der Waals surface area contributed by atoms with Crippen molar-refractivity contribution >= 4 is 22.6 Å². The number of halogens is 1. The first-order valence-corrected chi connectivity index (χ1v) is 7.06. The van der Waals surface area contributed by atoms with E-state index < -0.39 is 0 Å². The second-order valence-corrected chi connectivity index (χ2v) is 5.01. The van der Waals surface area contributed by atoms with Gasteiger partial charge in [0, 0.05) is 23.6 Å². The third-order valence-corrected chi connectivity index (χ3v) is 3.32. The second-order valence-electron chi connectivity index (χ2n) is 4.57. The maximum atomic E-state index is 5.98. The highest BCUT2D eigenvalue weighted by molar-refractivity contribution is 6.31. The van der Waals surface area contributed by atoms with E-state index in [9.17, 15) is 0 Å². The summed E-state index contributed by atoms with van der Waals surface area (Å²) in [5.41, 5.74) is 0.870. The highest BCUT2D eigenvalue weighted by Gasteiger charge is 2.14. The summed E-state index contributed by atoms with van der Waals surface area (Å²) in [6, 6.07) is 7.88. The minimum atomic E-state index is 0.169. The van der Waals surface area contributed by atoms with Gasteiger partial charge in [-0.25, -0.2) is 0 Å². The molecule has 1 heterocycles. The Labute approximate surface area is 118 Å². The molecule has 0 aliphatic carbocycles. The molecule has 0 saturated heterocycles. The van der Waals surface area contributed by atoms with Crippen molar-refractivity contribution in [2.24, 2.45) is 0 Å². The minimum absolute atomic E-state index is 0.169. The fraction of sp³-hybridized carbons (Fsp3) is 0.467. The molecule has 0 bridgehead atoms. The van der Waals surface area contributed by atoms with Crippen LogP contribution in [0.4, 0.5) is 0 Å². The Kier molecular flexibility index (Phi) is 5.25. The van der Waals surface area contributed by atoms with Crippen LogP contribution < -0.4 is 5.32 Å². The van der Waals surface area contributed by atoms with Gasteiger partial charge in [0.2, 0.25) is 0 Å². The largest absolute Gasteiger partial charge is 0.459 e. The van der Waals surface area contributed by atoms with E-state index in [0.29, 0.717) is 0 Å². The molecule has 104 valence electrons. The van der Waals surface area contributed by atoms with Gasteiger partial charge in [0.05, 0.1) is 6.04 Å². The van der Waals surface area contributed by atoms with Gasteiger partial charge in [0.15, 0.2) is 0 Å². The van der Waals surface area contributed by atoms with Crippen LogP contribution in [0.1, 0.15) is 31.6 Å². The average molecular weight is 282 g/mol. The lowest BCUT2D eigenvalue weighted by atomic mass is 10.1. The van der Waals surface area contributed by atoms with E-state index in [-0.39, 0.29) is 6.04 Å². The smallest absolute Gasteiger partial charge is 0.134 e. The molecule has 1 N–H and O–H groups in total. The number of ether oxygens (including phenoxy) is 1. The number of furan rings is 1. The lowest BCUT2D eigenvalue weighted by Gasteiger charge is -2.13. The van der Waals surface area contributed by atoms with Crippen molar-refractivity contribution in [3.05, 3.63) is 35.0 Å². The highest BCUT2D eigenvalue weighted by atomic mass is 35.5. The molecule has 1 unspecified atom stereocenters. The summed E-state index contributed by atoms with van der Waals surface area (Å²) in [4.78, 5) is 0. The Morgan fingerprint density at radius 3 is 2.89 bits per heavy atom. The molecular weight excluding hydrogens is 262 g/mol. The lowest BCUT2D eigenvalue weighted by Crippen LogP contribution is -2.17. The predicted octanol–water partition coefficient (Wildman–Crippen LogP) is 4.16. The second kappa shape index (κ2) is 6.94. The Hall–Kier alpha value is -1.03. The fourth-order valence-corrected chi connectivity index (χ4v) is 2.26. The molecule has 2 rings (SSSR count). The van der Waals surface area contributed by atoms with Gasteiger partial charge in [-0.1, -0.05) is 18.5 Å². The van der Waals surface area contributed by atoms with E-state index >= 15 is 0 Å². The first-order chi connectivity index (χ1) is 9.24. The molecule has 0 spiro atoms. The van der Waals surface area contributed by atoms with Crippen LogP contribution in [-0.2, 0) is 4.74 Å². The molecule has 0 aliphatic heterocycles. The molecule has 0 amide bonds. The van der Waals surface area contributed by atoms with Crippen LogP contribution in [0.15, 0.2) is 28.7 Å². The topological polar surface area (TPSA) is 34.4 Å². The zero-order chi connectivity index (χ0) is 13.7. The third kappa shape index (κ3) is 3.72. The van der Waals surface area contributed by atoms with Crippen LogP contribution in [0.3, 0.4) is 0 Å². The summed E-state index contributed by atoms with van der Waals surface area (Å²) < 4.78 is 11.4. The molecule has 3 nitrogen and oxygen atoms in total. The zero-order valence-electron chi connectivity index (χ0n) is 11.4. The molecule has 0 fully saturated rings. The molecule has 2 aromatic rings. The number of rotatable bonds is 7. The summed E-state index contributed by atoms with van der Waals surface area (Å²) in [7, 11) is 1.94. The molecule has 1 atom stereocenters. The monoisotopic (exact) mass is 281 g/mol. The number of benzene rings is 1. The number of nitrogens with one attached hydrogen (secondary N) is 1. The van der Waals surface area contributed by atoms with Crippen molar-refractivity contribution in [3.63, 3.8) is 0 Å². The maximum Gasteiger partial charge on any atom is 0.134 e. The first-order valence-electron chi connectivity index (χ1n) is 6.68. The van der Waals surface area contributed by atoms with Crippen LogP contribution in [0.2, 0.25) is 5.02 Å². The minimum Gasteiger partial charge on any atom is -0.459 e. The van der Waals surface area contributed by atoms with Crippen molar-refractivity contribution in [3.8, 4) is 0 Å². The SMILES string of the molecule is CCCOCCC(NC)c1cc2cc(Cl)ccc2o1. The molecule has 0 saturated carbocycles. The Morgan fingerprint density at radius 2 is 2.16 bits per heavy atom. The Balaban J connectivity index is 2.07. The summed E-state index contributed by atoms with van der Waals surface area (Å²) >= 11 is 5.98. The number of hydrogen-bond acceptors (Lipinski definition) is 3. The summed E-state index contributed by atoms with van der Waals surface area (Å²) in [6.07, 6.45) is 1.94. The molecular formula is C15H20ClNO2. The van der Waals surface area contributed by atoms with Gasteiger partial charge in [0.1, 0.15) is 11.3 Å². The van der Waals surface area contributed by atoms with E-state index in [2.05, 4.69) is 12.2 Å². The molecule has 0 aliphatic rings.